The lowest BCUT2D eigenvalue weighted by molar-refractivity contribution is -0.133. The fourth-order valence-electron chi connectivity index (χ4n) is 3.29. The highest BCUT2D eigenvalue weighted by atomic mass is 35.5. The summed E-state index contributed by atoms with van der Waals surface area (Å²) >= 11 is 12.0. The smallest absolute Gasteiger partial charge is 0.260 e. The van der Waals surface area contributed by atoms with Crippen molar-refractivity contribution in [2.45, 2.75) is 0 Å². The molecule has 1 aliphatic heterocycles. The molecule has 3 aromatic rings. The van der Waals surface area contributed by atoms with Crippen LogP contribution in [0.5, 0.6) is 5.75 Å². The summed E-state index contributed by atoms with van der Waals surface area (Å²) in [4.78, 5) is 25.3. The Hall–Kier alpha value is -2.83. The number of piperazine rings is 1. The Morgan fingerprint density at radius 3 is 2.50 bits per heavy atom. The van der Waals surface area contributed by atoms with E-state index < -0.39 is 0 Å². The van der Waals surface area contributed by atoms with Crippen LogP contribution in [0.2, 0.25) is 10.0 Å². The Balaban J connectivity index is 1.34. The van der Waals surface area contributed by atoms with Gasteiger partial charge in [0.25, 0.3) is 5.91 Å². The minimum Gasteiger partial charge on any atom is -0.482 e. The molecule has 1 saturated heterocycles. The molecule has 0 spiro atoms. The van der Waals surface area contributed by atoms with Crippen LogP contribution in [0.1, 0.15) is 0 Å². The Morgan fingerprint density at radius 1 is 0.967 bits per heavy atom. The minimum atomic E-state index is -0.0849. The lowest BCUT2D eigenvalue weighted by Gasteiger charge is -2.35. The van der Waals surface area contributed by atoms with Crippen molar-refractivity contribution >= 4 is 34.9 Å². The maximum absolute atomic E-state index is 12.5. The molecule has 0 unspecified atom stereocenters. The van der Waals surface area contributed by atoms with Crippen LogP contribution in [0, 0.1) is 0 Å². The molecule has 0 bridgehead atoms. The molecule has 1 fully saturated rings. The van der Waals surface area contributed by atoms with Crippen molar-refractivity contribution in [1.82, 2.24) is 14.9 Å². The highest BCUT2D eigenvalue weighted by molar-refractivity contribution is 6.34. The van der Waals surface area contributed by atoms with Gasteiger partial charge in [0.15, 0.2) is 6.61 Å². The van der Waals surface area contributed by atoms with E-state index in [1.54, 1.807) is 29.4 Å². The number of aromatic nitrogens is 2. The van der Waals surface area contributed by atoms with Gasteiger partial charge in [0.05, 0.1) is 10.7 Å². The summed E-state index contributed by atoms with van der Waals surface area (Å²) in [7, 11) is 0. The van der Waals surface area contributed by atoms with Crippen LogP contribution >= 0.6 is 23.2 Å². The van der Waals surface area contributed by atoms with E-state index in [1.165, 1.54) is 0 Å². The SMILES string of the molecule is O=C(COc1cc(Cl)ccc1Cl)N1CCN(c2cc(-c3ccccc3)ncn2)CC1. The Morgan fingerprint density at radius 2 is 1.73 bits per heavy atom. The molecule has 0 N–H and O–H groups in total. The molecule has 0 radical (unpaired) electrons. The van der Waals surface area contributed by atoms with Crippen molar-refractivity contribution in [3.8, 4) is 17.0 Å². The molecule has 2 aromatic carbocycles. The predicted octanol–water partition coefficient (Wildman–Crippen LogP) is 4.18. The van der Waals surface area contributed by atoms with Gasteiger partial charge in [-0.05, 0) is 12.1 Å². The first-order chi connectivity index (χ1) is 14.6. The van der Waals surface area contributed by atoms with Crippen LogP contribution in [0.15, 0.2) is 60.9 Å². The number of hydrogen-bond acceptors (Lipinski definition) is 5. The first-order valence-electron chi connectivity index (χ1n) is 9.58. The van der Waals surface area contributed by atoms with Crippen LogP contribution in [-0.4, -0.2) is 53.6 Å². The number of benzene rings is 2. The van der Waals surface area contributed by atoms with Crippen LogP contribution in [0.3, 0.4) is 0 Å². The van der Waals surface area contributed by atoms with E-state index in [2.05, 4.69) is 14.9 Å². The van der Waals surface area contributed by atoms with Crippen molar-refractivity contribution in [3.63, 3.8) is 0 Å². The highest BCUT2D eigenvalue weighted by Gasteiger charge is 2.23. The summed E-state index contributed by atoms with van der Waals surface area (Å²) in [6.45, 7) is 2.49. The zero-order chi connectivity index (χ0) is 20.9. The number of rotatable bonds is 5. The molecule has 0 saturated carbocycles. The van der Waals surface area contributed by atoms with E-state index in [-0.39, 0.29) is 12.5 Å². The van der Waals surface area contributed by atoms with E-state index >= 15 is 0 Å². The van der Waals surface area contributed by atoms with Gasteiger partial charge >= 0.3 is 0 Å². The number of nitrogens with zero attached hydrogens (tertiary/aromatic N) is 4. The van der Waals surface area contributed by atoms with Gasteiger partial charge in [-0.1, -0.05) is 53.5 Å². The van der Waals surface area contributed by atoms with Gasteiger partial charge in [-0.25, -0.2) is 9.97 Å². The maximum atomic E-state index is 12.5. The maximum Gasteiger partial charge on any atom is 0.260 e. The van der Waals surface area contributed by atoms with Gasteiger partial charge in [0.2, 0.25) is 0 Å². The first-order valence-corrected chi connectivity index (χ1v) is 10.3. The fraction of sp³-hybridized carbons (Fsp3) is 0.227. The van der Waals surface area contributed by atoms with Crippen LogP contribution in [0.25, 0.3) is 11.3 Å². The van der Waals surface area contributed by atoms with E-state index in [9.17, 15) is 4.79 Å². The molecule has 1 aliphatic rings. The molecular formula is C22H20Cl2N4O2. The standard InChI is InChI=1S/C22H20Cl2N4O2/c23-17-6-7-18(24)20(12-17)30-14-22(29)28-10-8-27(9-11-28)21-13-19(25-15-26-21)16-4-2-1-3-5-16/h1-7,12-13,15H,8-11,14H2. The number of ether oxygens (including phenoxy) is 1. The minimum absolute atomic E-state index is 0.0777. The summed E-state index contributed by atoms with van der Waals surface area (Å²) in [5.41, 5.74) is 1.93. The van der Waals surface area contributed by atoms with Crippen molar-refractivity contribution < 1.29 is 9.53 Å². The number of halogens is 2. The average molecular weight is 443 g/mol. The first kappa shape index (κ1) is 20.4. The second-order valence-electron chi connectivity index (χ2n) is 6.86. The molecule has 4 rings (SSSR count). The van der Waals surface area contributed by atoms with Crippen molar-refractivity contribution in [2.75, 3.05) is 37.7 Å². The lowest BCUT2D eigenvalue weighted by Crippen LogP contribution is -2.50. The summed E-state index contributed by atoms with van der Waals surface area (Å²) in [5.74, 6) is 1.18. The van der Waals surface area contributed by atoms with Gasteiger partial charge in [-0.2, -0.15) is 0 Å². The average Bonchev–Trinajstić information content (AvgIpc) is 2.80. The van der Waals surface area contributed by atoms with E-state index in [4.69, 9.17) is 27.9 Å². The Labute approximate surface area is 185 Å². The zero-order valence-electron chi connectivity index (χ0n) is 16.2. The predicted molar refractivity (Wildman–Crippen MR) is 118 cm³/mol. The lowest BCUT2D eigenvalue weighted by atomic mass is 10.1. The topological polar surface area (TPSA) is 58.6 Å². The normalized spacial score (nSPS) is 13.9. The molecular weight excluding hydrogens is 423 g/mol. The molecule has 1 amide bonds. The van der Waals surface area contributed by atoms with Crippen LogP contribution < -0.4 is 9.64 Å². The largest absolute Gasteiger partial charge is 0.482 e. The summed E-state index contributed by atoms with van der Waals surface area (Å²) in [5, 5.41) is 0.935. The second-order valence-corrected chi connectivity index (χ2v) is 7.70. The molecule has 0 atom stereocenters. The van der Waals surface area contributed by atoms with Crippen LogP contribution in [-0.2, 0) is 4.79 Å². The molecule has 0 aliphatic carbocycles. The molecule has 2 heterocycles. The van der Waals surface area contributed by atoms with Crippen LogP contribution in [0.4, 0.5) is 5.82 Å². The van der Waals surface area contributed by atoms with Gasteiger partial charge in [-0.3, -0.25) is 4.79 Å². The van der Waals surface area contributed by atoms with Crippen molar-refractivity contribution in [1.29, 1.82) is 0 Å². The number of hydrogen-bond donors (Lipinski definition) is 0. The monoisotopic (exact) mass is 442 g/mol. The van der Waals surface area contributed by atoms with Gasteiger partial charge < -0.3 is 14.5 Å². The third kappa shape index (κ3) is 4.83. The summed E-state index contributed by atoms with van der Waals surface area (Å²) in [6.07, 6.45) is 1.58. The van der Waals surface area contributed by atoms with Gasteiger partial charge in [0, 0.05) is 48.9 Å². The van der Waals surface area contributed by atoms with Crippen molar-refractivity contribution in [2.24, 2.45) is 0 Å². The van der Waals surface area contributed by atoms with Gasteiger partial charge in [-0.15, -0.1) is 0 Å². The molecule has 6 nitrogen and oxygen atoms in total. The number of amides is 1. The third-order valence-electron chi connectivity index (χ3n) is 4.92. The number of anilines is 1. The van der Waals surface area contributed by atoms with E-state index in [0.29, 0.717) is 42.0 Å². The van der Waals surface area contributed by atoms with E-state index in [1.807, 2.05) is 36.4 Å². The fourth-order valence-corrected chi connectivity index (χ4v) is 3.62. The second kappa shape index (κ2) is 9.32. The quantitative estimate of drug-likeness (QED) is 0.592. The molecule has 1 aromatic heterocycles. The Kier molecular flexibility index (Phi) is 6.35. The molecule has 30 heavy (non-hydrogen) atoms. The van der Waals surface area contributed by atoms with Gasteiger partial charge in [0.1, 0.15) is 17.9 Å². The number of carbonyl (C=O) groups excluding carboxylic acids is 1. The van der Waals surface area contributed by atoms with Crippen molar-refractivity contribution in [3.05, 3.63) is 71.0 Å². The summed E-state index contributed by atoms with van der Waals surface area (Å²) < 4.78 is 5.57. The van der Waals surface area contributed by atoms with E-state index in [0.717, 1.165) is 17.1 Å². The zero-order valence-corrected chi connectivity index (χ0v) is 17.7. The Bertz CT molecular complexity index is 1020. The third-order valence-corrected chi connectivity index (χ3v) is 5.47. The molecule has 8 heteroatoms. The summed E-state index contributed by atoms with van der Waals surface area (Å²) in [6, 6.07) is 16.9. The molecule has 154 valence electrons. The highest BCUT2D eigenvalue weighted by Crippen LogP contribution is 2.27. The number of carbonyl (C=O) groups is 1.